The van der Waals surface area contributed by atoms with Crippen LogP contribution in [0.5, 0.6) is 0 Å². The van der Waals surface area contributed by atoms with E-state index in [1.807, 2.05) is 6.92 Å². The maximum atomic E-state index is 13.5. The van der Waals surface area contributed by atoms with Crippen molar-refractivity contribution in [3.8, 4) is 6.07 Å². The van der Waals surface area contributed by atoms with Crippen LogP contribution in [-0.2, 0) is 14.8 Å². The van der Waals surface area contributed by atoms with E-state index < -0.39 is 45.3 Å². The van der Waals surface area contributed by atoms with Crippen LogP contribution in [-0.4, -0.2) is 61.9 Å². The Morgan fingerprint density at radius 1 is 1.48 bits per heavy atom. The van der Waals surface area contributed by atoms with Crippen LogP contribution in [0.2, 0.25) is 0 Å². The van der Waals surface area contributed by atoms with Crippen molar-refractivity contribution in [2.24, 2.45) is 0 Å². The van der Waals surface area contributed by atoms with Crippen LogP contribution in [0.4, 0.5) is 14.9 Å². The van der Waals surface area contributed by atoms with Gasteiger partial charge in [0, 0.05) is 24.7 Å². The lowest BCUT2D eigenvalue weighted by atomic mass is 9.98. The number of nitriles is 1. The number of benzene rings is 1. The molecule has 1 aromatic carbocycles. The van der Waals surface area contributed by atoms with Gasteiger partial charge in [-0.2, -0.15) is 5.26 Å². The number of anilines is 1. The number of carbonyl (C=O) groups is 2. The number of hydrogen-bond acceptors (Lipinski definition) is 7. The average Bonchev–Trinajstić information content (AvgIpc) is 2.65. The van der Waals surface area contributed by atoms with E-state index in [0.717, 1.165) is 18.2 Å². The average molecular weight is 424 g/mol. The molecule has 156 valence electrons. The minimum atomic E-state index is -4.38. The molecular formula is C17H21FN6O4S. The molecule has 3 amide bonds. The molecule has 3 rings (SSSR count). The Bertz CT molecular complexity index is 979. The quantitative estimate of drug-likeness (QED) is 0.520. The van der Waals surface area contributed by atoms with Crippen LogP contribution in [0.3, 0.4) is 0 Å². The molecule has 10 nitrogen and oxygen atoms in total. The Hall–Kier alpha value is -2.75. The highest BCUT2D eigenvalue weighted by Crippen LogP contribution is 2.30. The van der Waals surface area contributed by atoms with E-state index in [4.69, 9.17) is 5.26 Å². The van der Waals surface area contributed by atoms with Crippen molar-refractivity contribution < 1.29 is 22.4 Å². The molecule has 4 atom stereocenters. The summed E-state index contributed by atoms with van der Waals surface area (Å²) in [4.78, 5) is 24.2. The van der Waals surface area contributed by atoms with E-state index >= 15 is 0 Å². The number of hydrogen-bond donors (Lipinski definition) is 4. The van der Waals surface area contributed by atoms with Crippen molar-refractivity contribution in [3.05, 3.63) is 24.0 Å². The van der Waals surface area contributed by atoms with Crippen LogP contribution in [0.15, 0.2) is 23.1 Å². The topological polar surface area (TPSA) is 143 Å². The molecule has 1 saturated heterocycles. The SMILES string of the molecule is CC1NC(C#N)CNC1[C@H](C)NC(=O)CN1C(=O)Nc2ccc(F)cc2S1(=O)=O. The molecule has 2 aliphatic heterocycles. The predicted octanol–water partition coefficient (Wildman–Crippen LogP) is -0.291. The molecule has 12 heteroatoms. The highest BCUT2D eigenvalue weighted by Gasteiger charge is 2.39. The van der Waals surface area contributed by atoms with E-state index in [9.17, 15) is 22.4 Å². The van der Waals surface area contributed by atoms with Gasteiger partial charge in [-0.05, 0) is 32.0 Å². The van der Waals surface area contributed by atoms with Gasteiger partial charge in [0.25, 0.3) is 10.0 Å². The number of nitrogens with zero attached hydrogens (tertiary/aromatic N) is 2. The van der Waals surface area contributed by atoms with E-state index in [0.29, 0.717) is 10.8 Å². The van der Waals surface area contributed by atoms with Crippen molar-refractivity contribution in [2.75, 3.05) is 18.4 Å². The second kappa shape index (κ2) is 7.94. The maximum absolute atomic E-state index is 13.5. The summed E-state index contributed by atoms with van der Waals surface area (Å²) in [5, 5.41) is 20.3. The molecule has 3 unspecified atom stereocenters. The van der Waals surface area contributed by atoms with Crippen molar-refractivity contribution in [3.63, 3.8) is 0 Å². The summed E-state index contributed by atoms with van der Waals surface area (Å²) in [5.74, 6) is -1.46. The lowest BCUT2D eigenvalue weighted by Gasteiger charge is -2.38. The third-order valence-corrected chi connectivity index (χ3v) is 6.68. The third-order valence-electron chi connectivity index (χ3n) is 4.91. The number of halogens is 1. The Morgan fingerprint density at radius 2 is 2.21 bits per heavy atom. The fourth-order valence-electron chi connectivity index (χ4n) is 3.50. The number of rotatable bonds is 4. The standard InChI is InChI=1S/C17H21FN6O4S/c1-9-16(20-7-12(6-19)21-9)10(2)22-15(25)8-24-17(26)23-13-4-3-11(18)5-14(13)29(24,27)28/h3-5,9-10,12,16,20-21H,7-8H2,1-2H3,(H,22,25)(H,23,26)/t9?,10-,12?,16?/m0/s1. The van der Waals surface area contributed by atoms with E-state index in [-0.39, 0.29) is 23.8 Å². The molecule has 0 spiro atoms. The predicted molar refractivity (Wildman–Crippen MR) is 101 cm³/mol. The zero-order valence-corrected chi connectivity index (χ0v) is 16.6. The van der Waals surface area contributed by atoms with Gasteiger partial charge in [-0.3, -0.25) is 10.1 Å². The molecule has 4 N–H and O–H groups in total. The zero-order chi connectivity index (χ0) is 21.3. The van der Waals surface area contributed by atoms with E-state index in [1.54, 1.807) is 6.92 Å². The fraction of sp³-hybridized carbons (Fsp3) is 0.471. The van der Waals surface area contributed by atoms with Crippen LogP contribution < -0.4 is 21.3 Å². The minimum Gasteiger partial charge on any atom is -0.350 e. The molecule has 0 aromatic heterocycles. The van der Waals surface area contributed by atoms with Gasteiger partial charge < -0.3 is 16.0 Å². The van der Waals surface area contributed by atoms with Gasteiger partial charge in [-0.1, -0.05) is 0 Å². The van der Waals surface area contributed by atoms with Crippen molar-refractivity contribution >= 4 is 27.6 Å². The Labute approximate surface area is 167 Å². The number of nitrogens with one attached hydrogen (secondary N) is 4. The third kappa shape index (κ3) is 4.16. The summed E-state index contributed by atoms with van der Waals surface area (Å²) >= 11 is 0. The van der Waals surface area contributed by atoms with Crippen LogP contribution in [0.25, 0.3) is 0 Å². The Morgan fingerprint density at radius 3 is 2.86 bits per heavy atom. The molecule has 0 radical (unpaired) electrons. The summed E-state index contributed by atoms with van der Waals surface area (Å²) in [6.07, 6.45) is 0. The summed E-state index contributed by atoms with van der Waals surface area (Å²) < 4.78 is 39.2. The summed E-state index contributed by atoms with van der Waals surface area (Å²) in [5.41, 5.74) is -0.0419. The number of carbonyl (C=O) groups excluding carboxylic acids is 2. The summed E-state index contributed by atoms with van der Waals surface area (Å²) in [7, 11) is -4.38. The number of piperazine rings is 1. The number of amides is 3. The zero-order valence-electron chi connectivity index (χ0n) is 15.8. The summed E-state index contributed by atoms with van der Waals surface area (Å²) in [6.45, 7) is 3.24. The van der Waals surface area contributed by atoms with E-state index in [1.165, 1.54) is 0 Å². The molecule has 0 bridgehead atoms. The first-order valence-corrected chi connectivity index (χ1v) is 10.4. The fourth-order valence-corrected chi connectivity index (χ4v) is 4.95. The Balaban J connectivity index is 1.69. The van der Waals surface area contributed by atoms with Crippen molar-refractivity contribution in [1.29, 1.82) is 5.26 Å². The maximum Gasteiger partial charge on any atom is 0.336 e. The van der Waals surface area contributed by atoms with Gasteiger partial charge >= 0.3 is 6.03 Å². The van der Waals surface area contributed by atoms with Crippen molar-refractivity contribution in [2.45, 2.75) is 42.9 Å². The van der Waals surface area contributed by atoms with Gasteiger partial charge in [-0.25, -0.2) is 21.9 Å². The molecule has 29 heavy (non-hydrogen) atoms. The molecular weight excluding hydrogens is 403 g/mol. The molecule has 0 aliphatic carbocycles. The molecule has 2 heterocycles. The first-order chi connectivity index (χ1) is 13.6. The molecule has 1 aromatic rings. The summed E-state index contributed by atoms with van der Waals surface area (Å²) in [6, 6.07) is 3.01. The van der Waals surface area contributed by atoms with Gasteiger partial charge in [-0.15, -0.1) is 0 Å². The highest BCUT2D eigenvalue weighted by atomic mass is 32.2. The Kier molecular flexibility index (Phi) is 5.74. The van der Waals surface area contributed by atoms with Crippen LogP contribution >= 0.6 is 0 Å². The first kappa shape index (κ1) is 21.0. The van der Waals surface area contributed by atoms with Gasteiger partial charge in [0.1, 0.15) is 23.3 Å². The number of sulfonamides is 1. The van der Waals surface area contributed by atoms with Crippen LogP contribution in [0.1, 0.15) is 13.8 Å². The normalized spacial score (nSPS) is 26.6. The lowest BCUT2D eigenvalue weighted by Crippen LogP contribution is -2.65. The molecule has 0 saturated carbocycles. The van der Waals surface area contributed by atoms with Gasteiger partial charge in [0.05, 0.1) is 11.8 Å². The monoisotopic (exact) mass is 424 g/mol. The van der Waals surface area contributed by atoms with E-state index in [2.05, 4.69) is 27.3 Å². The second-order valence-electron chi connectivity index (χ2n) is 7.01. The highest BCUT2D eigenvalue weighted by molar-refractivity contribution is 7.90. The lowest BCUT2D eigenvalue weighted by molar-refractivity contribution is -0.121. The largest absolute Gasteiger partial charge is 0.350 e. The second-order valence-corrected chi connectivity index (χ2v) is 8.84. The van der Waals surface area contributed by atoms with Crippen LogP contribution in [0, 0.1) is 17.1 Å². The first-order valence-electron chi connectivity index (χ1n) is 8.95. The number of urea groups is 1. The molecule has 1 fully saturated rings. The van der Waals surface area contributed by atoms with Gasteiger partial charge in [0.2, 0.25) is 5.91 Å². The molecule has 2 aliphatic rings. The number of fused-ring (bicyclic) bond motifs is 1. The minimum absolute atomic E-state index is 0.0419. The smallest absolute Gasteiger partial charge is 0.336 e. The van der Waals surface area contributed by atoms with Gasteiger partial charge in [0.15, 0.2) is 0 Å². The van der Waals surface area contributed by atoms with Crippen molar-refractivity contribution in [1.82, 2.24) is 20.3 Å².